The zero-order chi connectivity index (χ0) is 65.5. The van der Waals surface area contributed by atoms with Crippen LogP contribution in [0.4, 0.5) is 0 Å². The van der Waals surface area contributed by atoms with E-state index in [2.05, 4.69) is 86.8 Å². The molecule has 0 radical (unpaired) electrons. The highest BCUT2D eigenvalue weighted by Crippen LogP contribution is 2.38. The number of nitrogens with zero attached hydrogens (tertiary/aromatic N) is 1. The summed E-state index contributed by atoms with van der Waals surface area (Å²) in [6.07, 6.45) is 95.9. The quantitative estimate of drug-likeness (QED) is 0.0195. The van der Waals surface area contributed by atoms with E-state index in [1.807, 2.05) is 21.1 Å². The van der Waals surface area contributed by atoms with Crippen molar-refractivity contribution >= 4 is 19.8 Å². The van der Waals surface area contributed by atoms with Gasteiger partial charge in [-0.05, 0) is 83.5 Å². The van der Waals surface area contributed by atoms with Crippen molar-refractivity contribution in [3.63, 3.8) is 0 Å². The monoisotopic (exact) mass is 1280 g/mol. The Morgan fingerprint density at radius 2 is 0.633 bits per heavy atom. The molecule has 0 saturated heterocycles. The molecule has 0 aliphatic heterocycles. The van der Waals surface area contributed by atoms with Gasteiger partial charge in [0, 0.05) is 12.8 Å². The maximum Gasteiger partial charge on any atom is 0.306 e. The van der Waals surface area contributed by atoms with Crippen molar-refractivity contribution in [3.8, 4) is 0 Å². The third kappa shape index (κ3) is 74.5. The van der Waals surface area contributed by atoms with E-state index in [0.717, 1.165) is 70.6 Å². The highest BCUT2D eigenvalue weighted by Gasteiger charge is 2.22. The van der Waals surface area contributed by atoms with Crippen LogP contribution in [0.3, 0.4) is 0 Å². The first-order valence-corrected chi connectivity index (χ1v) is 40.1. The van der Waals surface area contributed by atoms with Crippen molar-refractivity contribution in [2.24, 2.45) is 0 Å². The third-order valence-corrected chi connectivity index (χ3v) is 18.2. The number of ether oxygens (including phenoxy) is 2. The molecule has 0 amide bonds. The lowest BCUT2D eigenvalue weighted by Gasteiger charge is -2.28. The summed E-state index contributed by atoms with van der Waals surface area (Å²) in [6, 6.07) is 0. The van der Waals surface area contributed by atoms with Crippen molar-refractivity contribution in [2.45, 2.75) is 380 Å². The van der Waals surface area contributed by atoms with Gasteiger partial charge in [0.1, 0.15) is 19.8 Å². The van der Waals surface area contributed by atoms with E-state index in [-0.39, 0.29) is 32.0 Å². The lowest BCUT2D eigenvalue weighted by molar-refractivity contribution is -0.870. The molecule has 0 heterocycles. The van der Waals surface area contributed by atoms with Gasteiger partial charge in [-0.25, -0.2) is 0 Å². The number of phosphoric acid groups is 1. The Morgan fingerprint density at radius 1 is 0.356 bits per heavy atom. The van der Waals surface area contributed by atoms with E-state index in [1.165, 1.54) is 270 Å². The molecule has 0 rings (SSSR count). The van der Waals surface area contributed by atoms with Crippen LogP contribution in [0.2, 0.25) is 0 Å². The van der Waals surface area contributed by atoms with Crippen LogP contribution in [0.1, 0.15) is 373 Å². The molecule has 9 nitrogen and oxygen atoms in total. The maximum atomic E-state index is 12.9. The number of allylic oxidation sites excluding steroid dienone is 12. The van der Waals surface area contributed by atoms with Gasteiger partial charge in [0.2, 0.25) is 0 Å². The first kappa shape index (κ1) is 87.5. The Morgan fingerprint density at radius 3 is 0.956 bits per heavy atom. The Bertz CT molecular complexity index is 1750. The minimum atomic E-state index is -4.64. The average Bonchev–Trinajstić information content (AvgIpc) is 3.58. The summed E-state index contributed by atoms with van der Waals surface area (Å²) in [7, 11) is 1.18. The highest BCUT2D eigenvalue weighted by atomic mass is 31.2. The molecule has 0 aromatic rings. The van der Waals surface area contributed by atoms with Gasteiger partial charge in [-0.3, -0.25) is 14.2 Å². The normalized spacial score (nSPS) is 13.4. The number of carbonyl (C=O) groups excluding carboxylic acids is 2. The fourth-order valence-corrected chi connectivity index (χ4v) is 12.1. The number of unbranched alkanes of at least 4 members (excludes halogenated alkanes) is 46. The van der Waals surface area contributed by atoms with Gasteiger partial charge in [-0.15, -0.1) is 0 Å². The van der Waals surface area contributed by atoms with Crippen molar-refractivity contribution in [1.82, 2.24) is 0 Å². The summed E-state index contributed by atoms with van der Waals surface area (Å²) in [5.74, 6) is -0.815. The molecule has 0 saturated carbocycles. The molecule has 0 aliphatic rings. The second-order valence-electron chi connectivity index (χ2n) is 27.3. The fraction of sp³-hybridized carbons (Fsp3) is 0.825. The Hall–Kier alpha value is -2.55. The van der Waals surface area contributed by atoms with E-state index in [9.17, 15) is 19.0 Å². The zero-order valence-electron chi connectivity index (χ0n) is 60.1. The van der Waals surface area contributed by atoms with Gasteiger partial charge >= 0.3 is 11.9 Å². The van der Waals surface area contributed by atoms with E-state index in [4.69, 9.17) is 18.5 Å². The minimum absolute atomic E-state index is 0.0299. The summed E-state index contributed by atoms with van der Waals surface area (Å²) < 4.78 is 34.4. The lowest BCUT2D eigenvalue weighted by Crippen LogP contribution is -2.37. The van der Waals surface area contributed by atoms with Crippen LogP contribution in [0.15, 0.2) is 72.9 Å². The van der Waals surface area contributed by atoms with Gasteiger partial charge in [0.25, 0.3) is 7.82 Å². The molecular formula is C80H148NO8P. The summed E-state index contributed by atoms with van der Waals surface area (Å²) in [5.41, 5.74) is 0. The summed E-state index contributed by atoms with van der Waals surface area (Å²) in [4.78, 5) is 38.2. The average molecular weight is 1280 g/mol. The van der Waals surface area contributed by atoms with Crippen LogP contribution in [-0.4, -0.2) is 70.0 Å². The third-order valence-electron chi connectivity index (χ3n) is 17.2. The van der Waals surface area contributed by atoms with Crippen LogP contribution in [-0.2, 0) is 32.7 Å². The fourth-order valence-electron chi connectivity index (χ4n) is 11.3. The maximum absolute atomic E-state index is 12.9. The first-order chi connectivity index (χ1) is 44.0. The predicted octanol–water partition coefficient (Wildman–Crippen LogP) is 24.9. The number of esters is 2. The lowest BCUT2D eigenvalue weighted by atomic mass is 10.0. The van der Waals surface area contributed by atoms with Crippen LogP contribution >= 0.6 is 7.82 Å². The molecule has 0 aliphatic carbocycles. The van der Waals surface area contributed by atoms with Crippen LogP contribution in [0, 0.1) is 0 Å². The summed E-state index contributed by atoms with van der Waals surface area (Å²) in [6.45, 7) is 4.19. The molecule has 0 fully saturated rings. The SMILES string of the molecule is CC/C=C\C/C=C\C/C=C\C/C=C\C/C=C\CCCCCCCCCCCCCCCCCCCC(=O)OC(COC(=O)CCCCCCCCCCCCCCCCCCCCCCC/C=C\CCCCCCCCCC)COP(=O)([O-])OCC[N+](C)(C)C. The molecule has 0 spiro atoms. The zero-order valence-corrected chi connectivity index (χ0v) is 61.0. The Labute approximate surface area is 559 Å². The van der Waals surface area contributed by atoms with Crippen LogP contribution in [0.25, 0.3) is 0 Å². The number of quaternary nitrogens is 1. The molecule has 526 valence electrons. The molecule has 0 N–H and O–H groups in total. The number of phosphoric ester groups is 1. The van der Waals surface area contributed by atoms with Gasteiger partial charge in [-0.2, -0.15) is 0 Å². The second kappa shape index (κ2) is 70.8. The van der Waals surface area contributed by atoms with Gasteiger partial charge in [-0.1, -0.05) is 350 Å². The molecule has 90 heavy (non-hydrogen) atoms. The molecule has 2 atom stereocenters. The topological polar surface area (TPSA) is 111 Å². The smallest absolute Gasteiger partial charge is 0.306 e. The molecule has 2 unspecified atom stereocenters. The Balaban J connectivity index is 3.95. The van der Waals surface area contributed by atoms with E-state index >= 15 is 0 Å². The number of likely N-dealkylation sites (N-methyl/N-ethyl adjacent to an activating group) is 1. The van der Waals surface area contributed by atoms with Gasteiger partial charge < -0.3 is 27.9 Å². The predicted molar refractivity (Wildman–Crippen MR) is 388 cm³/mol. The van der Waals surface area contributed by atoms with E-state index in [1.54, 1.807) is 0 Å². The van der Waals surface area contributed by atoms with Crippen molar-refractivity contribution in [2.75, 3.05) is 47.5 Å². The molecule has 0 aromatic heterocycles. The highest BCUT2D eigenvalue weighted by molar-refractivity contribution is 7.45. The largest absolute Gasteiger partial charge is 0.756 e. The summed E-state index contributed by atoms with van der Waals surface area (Å²) >= 11 is 0. The molecule has 10 heteroatoms. The van der Waals surface area contributed by atoms with Crippen molar-refractivity contribution < 1.29 is 42.1 Å². The number of carbonyl (C=O) groups is 2. The van der Waals surface area contributed by atoms with Crippen LogP contribution < -0.4 is 4.89 Å². The van der Waals surface area contributed by atoms with Gasteiger partial charge in [0.05, 0.1) is 27.7 Å². The number of rotatable bonds is 72. The number of hydrogen-bond donors (Lipinski definition) is 0. The molecular weight excluding hydrogens is 1130 g/mol. The summed E-state index contributed by atoms with van der Waals surface area (Å²) in [5, 5.41) is 0. The van der Waals surface area contributed by atoms with Crippen molar-refractivity contribution in [3.05, 3.63) is 72.9 Å². The standard InChI is InChI=1S/C80H148NO8P/c1-6-8-10-12-14-16-18-20-22-24-26-28-30-32-34-36-38-40-42-44-46-48-50-52-54-56-58-60-62-64-66-68-70-72-79(82)86-76-78(77-88-90(84,85)87-75-74-81(3,4)5)89-80(83)73-71-69-67-65-63-61-59-57-55-53-51-49-47-45-43-41-39-37-35-33-31-29-27-25-23-21-19-17-15-13-11-9-7-2/h9,11,15,17,21,23-24,26-27,29,33,35,78H,6-8,10,12-14,16,18-20,22,25,28,30-32,34,36-77H2,1-5H3/b11-9-,17-15-,23-21-,26-24-,29-27-,35-33-. The first-order valence-electron chi connectivity index (χ1n) is 38.6. The number of hydrogen-bond acceptors (Lipinski definition) is 8. The minimum Gasteiger partial charge on any atom is -0.756 e. The Kier molecular flexibility index (Phi) is 68.8. The molecule has 0 bridgehead atoms. The molecule has 0 aromatic carbocycles. The van der Waals surface area contributed by atoms with E-state index < -0.39 is 26.5 Å². The second-order valence-corrected chi connectivity index (χ2v) is 28.8. The van der Waals surface area contributed by atoms with E-state index in [0.29, 0.717) is 17.4 Å². The van der Waals surface area contributed by atoms with Gasteiger partial charge in [0.15, 0.2) is 6.10 Å². The van der Waals surface area contributed by atoms with Crippen molar-refractivity contribution in [1.29, 1.82) is 0 Å². The van der Waals surface area contributed by atoms with Crippen LogP contribution in [0.5, 0.6) is 0 Å².